The van der Waals surface area contributed by atoms with Gasteiger partial charge in [0.25, 0.3) is 0 Å². The molecule has 25 heavy (non-hydrogen) atoms. The third-order valence-electron chi connectivity index (χ3n) is 5.29. The van der Waals surface area contributed by atoms with Crippen molar-refractivity contribution in [2.75, 3.05) is 13.1 Å². The molecule has 0 bridgehead atoms. The average Bonchev–Trinajstić information content (AvgIpc) is 3.22. The van der Waals surface area contributed by atoms with E-state index in [0.29, 0.717) is 5.92 Å². The van der Waals surface area contributed by atoms with Crippen LogP contribution < -0.4 is 0 Å². The maximum atomic E-state index is 4.72. The normalized spacial score (nSPS) is 18.9. The Labute approximate surface area is 148 Å². The van der Waals surface area contributed by atoms with Crippen LogP contribution in [0.1, 0.15) is 53.9 Å². The minimum Gasteiger partial charge on any atom is -0.298 e. The fourth-order valence-electron chi connectivity index (χ4n) is 4.06. The first-order valence-corrected chi connectivity index (χ1v) is 9.21. The number of aromatic nitrogens is 5. The van der Waals surface area contributed by atoms with E-state index in [1.807, 2.05) is 23.8 Å². The fourth-order valence-corrected chi connectivity index (χ4v) is 4.06. The molecular weight excluding hydrogens is 312 g/mol. The zero-order valence-electron chi connectivity index (χ0n) is 15.3. The topological polar surface area (TPSA) is 62.1 Å². The van der Waals surface area contributed by atoms with E-state index in [9.17, 15) is 0 Å². The summed E-state index contributed by atoms with van der Waals surface area (Å²) in [6, 6.07) is 2.07. The molecule has 0 radical (unpaired) electrons. The summed E-state index contributed by atoms with van der Waals surface area (Å²) in [6.07, 6.45) is 7.45. The summed E-state index contributed by atoms with van der Waals surface area (Å²) in [7, 11) is 0. The van der Waals surface area contributed by atoms with Gasteiger partial charge in [0.1, 0.15) is 0 Å². The number of nitrogens with one attached hydrogen (secondary N) is 1. The number of rotatable bonds is 4. The summed E-state index contributed by atoms with van der Waals surface area (Å²) in [6.45, 7) is 9.44. The van der Waals surface area contributed by atoms with E-state index >= 15 is 0 Å². The Bertz CT molecular complexity index is 877. The van der Waals surface area contributed by atoms with Gasteiger partial charge in [0.15, 0.2) is 5.65 Å². The smallest absolute Gasteiger partial charge is 0.159 e. The highest BCUT2D eigenvalue weighted by molar-refractivity contribution is 5.47. The number of aromatic amines is 1. The molecule has 0 spiro atoms. The van der Waals surface area contributed by atoms with Crippen LogP contribution in [-0.2, 0) is 13.0 Å². The summed E-state index contributed by atoms with van der Waals surface area (Å²) in [5.74, 6) is 0.546. The standard InChI is InChI=1S/C19H26N6/c1-4-15-9-20-23-18(15)16-6-5-7-24(11-16)12-17-10-21-25-14(3)8-13(2)22-19(17)25/h8-10,16H,4-7,11-12H2,1-3H3,(H,20,23)/t16-/m0/s1. The lowest BCUT2D eigenvalue weighted by molar-refractivity contribution is 0.198. The second-order valence-corrected chi connectivity index (χ2v) is 7.18. The first-order valence-electron chi connectivity index (χ1n) is 9.21. The number of hydrogen-bond acceptors (Lipinski definition) is 4. The van der Waals surface area contributed by atoms with Gasteiger partial charge in [0.05, 0.1) is 12.4 Å². The maximum absolute atomic E-state index is 4.72. The van der Waals surface area contributed by atoms with Crippen LogP contribution in [0.5, 0.6) is 0 Å². The molecule has 1 aliphatic rings. The molecule has 1 N–H and O–H groups in total. The van der Waals surface area contributed by atoms with Crippen molar-refractivity contribution in [3.8, 4) is 0 Å². The van der Waals surface area contributed by atoms with Gasteiger partial charge in [-0.15, -0.1) is 0 Å². The monoisotopic (exact) mass is 338 g/mol. The van der Waals surface area contributed by atoms with Crippen molar-refractivity contribution < 1.29 is 0 Å². The lowest BCUT2D eigenvalue weighted by Crippen LogP contribution is -2.34. The molecule has 4 heterocycles. The molecule has 3 aromatic rings. The lowest BCUT2D eigenvalue weighted by Gasteiger charge is -2.32. The summed E-state index contributed by atoms with van der Waals surface area (Å²) >= 11 is 0. The van der Waals surface area contributed by atoms with E-state index in [2.05, 4.69) is 40.1 Å². The fraction of sp³-hybridized carbons (Fsp3) is 0.526. The zero-order valence-corrected chi connectivity index (χ0v) is 15.3. The number of fused-ring (bicyclic) bond motifs is 1. The second-order valence-electron chi connectivity index (χ2n) is 7.18. The predicted octanol–water partition coefficient (Wildman–Crippen LogP) is 3.01. The molecule has 3 aromatic heterocycles. The Kier molecular flexibility index (Phi) is 4.29. The van der Waals surface area contributed by atoms with E-state index in [4.69, 9.17) is 4.98 Å². The van der Waals surface area contributed by atoms with E-state index in [1.165, 1.54) is 29.7 Å². The number of piperidine rings is 1. The second kappa shape index (κ2) is 6.59. The van der Waals surface area contributed by atoms with Crippen molar-refractivity contribution in [1.82, 2.24) is 29.7 Å². The van der Waals surface area contributed by atoms with E-state index in [-0.39, 0.29) is 0 Å². The average molecular weight is 338 g/mol. The van der Waals surface area contributed by atoms with Crippen molar-refractivity contribution >= 4 is 5.65 Å². The molecule has 1 aliphatic heterocycles. The van der Waals surface area contributed by atoms with Gasteiger partial charge in [-0.25, -0.2) is 9.50 Å². The molecule has 0 aliphatic carbocycles. The maximum Gasteiger partial charge on any atom is 0.159 e. The van der Waals surface area contributed by atoms with Crippen molar-refractivity contribution in [3.05, 3.63) is 46.7 Å². The quantitative estimate of drug-likeness (QED) is 0.794. The SMILES string of the molecule is CCc1cn[nH]c1[C@H]1CCCN(Cc2cnn3c(C)cc(C)nc23)C1. The Hall–Kier alpha value is -2.21. The van der Waals surface area contributed by atoms with Crippen molar-refractivity contribution in [2.24, 2.45) is 0 Å². The highest BCUT2D eigenvalue weighted by Crippen LogP contribution is 2.29. The molecule has 1 atom stereocenters. The first kappa shape index (κ1) is 16.3. The van der Waals surface area contributed by atoms with Gasteiger partial charge < -0.3 is 0 Å². The van der Waals surface area contributed by atoms with E-state index in [0.717, 1.165) is 43.1 Å². The lowest BCUT2D eigenvalue weighted by atomic mass is 9.92. The van der Waals surface area contributed by atoms with Crippen LogP contribution in [0.2, 0.25) is 0 Å². The van der Waals surface area contributed by atoms with Crippen molar-refractivity contribution in [3.63, 3.8) is 0 Å². The molecule has 0 amide bonds. The van der Waals surface area contributed by atoms with Gasteiger partial charge in [-0.2, -0.15) is 10.2 Å². The predicted molar refractivity (Wildman–Crippen MR) is 97.7 cm³/mol. The molecule has 132 valence electrons. The third-order valence-corrected chi connectivity index (χ3v) is 5.29. The Morgan fingerprint density at radius 1 is 1.24 bits per heavy atom. The summed E-state index contributed by atoms with van der Waals surface area (Å²) < 4.78 is 1.95. The molecule has 4 rings (SSSR count). The molecule has 0 unspecified atom stereocenters. The Morgan fingerprint density at radius 3 is 2.96 bits per heavy atom. The minimum absolute atomic E-state index is 0.546. The van der Waals surface area contributed by atoms with Gasteiger partial charge in [-0.1, -0.05) is 6.92 Å². The Balaban J connectivity index is 1.55. The van der Waals surface area contributed by atoms with Crippen LogP contribution in [-0.4, -0.2) is 42.8 Å². The van der Waals surface area contributed by atoms with Crippen LogP contribution in [0.4, 0.5) is 0 Å². The summed E-state index contributed by atoms with van der Waals surface area (Å²) in [5, 5.41) is 12.0. The number of aryl methyl sites for hydroxylation is 3. The highest BCUT2D eigenvalue weighted by Gasteiger charge is 2.25. The molecule has 6 nitrogen and oxygen atoms in total. The van der Waals surface area contributed by atoms with Crippen LogP contribution in [0.3, 0.4) is 0 Å². The molecule has 6 heteroatoms. The molecule has 0 saturated carbocycles. The van der Waals surface area contributed by atoms with Crippen LogP contribution in [0, 0.1) is 13.8 Å². The minimum atomic E-state index is 0.546. The van der Waals surface area contributed by atoms with Crippen LogP contribution >= 0.6 is 0 Å². The highest BCUT2D eigenvalue weighted by atomic mass is 15.3. The molecule has 0 aromatic carbocycles. The zero-order chi connectivity index (χ0) is 17.4. The largest absolute Gasteiger partial charge is 0.298 e. The molecule has 1 fully saturated rings. The van der Waals surface area contributed by atoms with Gasteiger partial charge in [-0.05, 0) is 51.3 Å². The van der Waals surface area contributed by atoms with E-state index in [1.54, 1.807) is 0 Å². The molecular formula is C19H26N6. The Morgan fingerprint density at radius 2 is 2.12 bits per heavy atom. The summed E-state index contributed by atoms with van der Waals surface area (Å²) in [5.41, 5.74) is 7.08. The number of likely N-dealkylation sites (tertiary alicyclic amines) is 1. The van der Waals surface area contributed by atoms with Crippen LogP contribution in [0.15, 0.2) is 18.5 Å². The number of H-pyrrole nitrogens is 1. The van der Waals surface area contributed by atoms with Gasteiger partial charge in [0, 0.05) is 41.7 Å². The number of nitrogens with zero attached hydrogens (tertiary/aromatic N) is 5. The third kappa shape index (κ3) is 3.06. The molecule has 1 saturated heterocycles. The van der Waals surface area contributed by atoms with Gasteiger partial charge in [-0.3, -0.25) is 10.00 Å². The first-order chi connectivity index (χ1) is 12.2. The van der Waals surface area contributed by atoms with Crippen LogP contribution in [0.25, 0.3) is 5.65 Å². The van der Waals surface area contributed by atoms with Crippen molar-refractivity contribution in [2.45, 2.75) is 52.5 Å². The van der Waals surface area contributed by atoms with E-state index < -0.39 is 0 Å². The van der Waals surface area contributed by atoms with Gasteiger partial charge in [0.2, 0.25) is 0 Å². The number of hydrogen-bond donors (Lipinski definition) is 1. The van der Waals surface area contributed by atoms with Gasteiger partial charge >= 0.3 is 0 Å². The summed E-state index contributed by atoms with van der Waals surface area (Å²) in [4.78, 5) is 7.25. The van der Waals surface area contributed by atoms with Crippen molar-refractivity contribution in [1.29, 1.82) is 0 Å².